The summed E-state index contributed by atoms with van der Waals surface area (Å²) in [6, 6.07) is 0. The highest BCUT2D eigenvalue weighted by Gasteiger charge is 2.84. The second kappa shape index (κ2) is 11.7. The van der Waals surface area contributed by atoms with Crippen LogP contribution < -0.4 is 0 Å². The van der Waals surface area contributed by atoms with Crippen LogP contribution in [0.2, 0.25) is 0 Å². The van der Waals surface area contributed by atoms with Crippen molar-refractivity contribution in [2.45, 2.75) is 149 Å². The van der Waals surface area contributed by atoms with Crippen LogP contribution in [-0.4, -0.2) is 99.1 Å². The quantitative estimate of drug-likeness (QED) is 0.343. The van der Waals surface area contributed by atoms with Gasteiger partial charge in [0.1, 0.15) is 0 Å². The van der Waals surface area contributed by atoms with Gasteiger partial charge in [0.25, 0.3) is 5.91 Å². The van der Waals surface area contributed by atoms with Crippen LogP contribution >= 0.6 is 0 Å². The molecule has 1 amide bonds. The van der Waals surface area contributed by atoms with Crippen molar-refractivity contribution in [3.8, 4) is 0 Å². The van der Waals surface area contributed by atoms with Crippen molar-refractivity contribution in [3.63, 3.8) is 0 Å². The van der Waals surface area contributed by atoms with Crippen LogP contribution in [0.1, 0.15) is 117 Å². The Morgan fingerprint density at radius 3 is 2.51 bits per heavy atom. The molecule has 0 radical (unpaired) electrons. The molecule has 3 heterocycles. The largest absolute Gasteiger partial charge is 0.457 e. The van der Waals surface area contributed by atoms with Crippen LogP contribution in [0.4, 0.5) is 0 Å². The third-order valence-corrected chi connectivity index (χ3v) is 16.4. The van der Waals surface area contributed by atoms with E-state index < -0.39 is 36.2 Å². The molecule has 5 saturated carbocycles. The first-order valence-corrected chi connectivity index (χ1v) is 19.7. The lowest BCUT2D eigenvalue weighted by atomic mass is 9.41. The number of morpholine rings is 1. The number of H-pyrrole nitrogens is 1. The van der Waals surface area contributed by atoms with E-state index in [-0.39, 0.29) is 57.0 Å². The molecule has 7 fully saturated rings. The molecule has 0 aromatic carbocycles. The van der Waals surface area contributed by atoms with E-state index in [0.717, 1.165) is 32.1 Å². The maximum absolute atomic E-state index is 13.0. The number of carbonyl (C=O) groups is 2. The summed E-state index contributed by atoms with van der Waals surface area (Å²) in [5, 5.41) is 23.6. The van der Waals surface area contributed by atoms with Crippen molar-refractivity contribution >= 4 is 11.9 Å². The van der Waals surface area contributed by atoms with Crippen molar-refractivity contribution in [2.75, 3.05) is 19.7 Å². The number of fused-ring (bicyclic) bond motifs is 4. The molecular formula is C40H61N3O8. The molecule has 7 aliphatic rings. The first-order valence-electron chi connectivity index (χ1n) is 19.7. The number of esters is 1. The van der Waals surface area contributed by atoms with Gasteiger partial charge in [-0.15, -0.1) is 0 Å². The van der Waals surface area contributed by atoms with Gasteiger partial charge in [0.15, 0.2) is 18.2 Å². The highest BCUT2D eigenvalue weighted by molar-refractivity contribution is 5.90. The molecule has 3 N–H and O–H groups in total. The summed E-state index contributed by atoms with van der Waals surface area (Å²) in [5.41, 5.74) is -1.31. The Morgan fingerprint density at radius 2 is 1.82 bits per heavy atom. The van der Waals surface area contributed by atoms with Crippen molar-refractivity contribution in [3.05, 3.63) is 18.2 Å². The number of aliphatic hydroxyl groups is 2. The first kappa shape index (κ1) is 36.0. The average Bonchev–Trinajstić information content (AvgIpc) is 3.32. The summed E-state index contributed by atoms with van der Waals surface area (Å²) in [7, 11) is 0. The van der Waals surface area contributed by atoms with E-state index in [4.69, 9.17) is 18.9 Å². The zero-order valence-corrected chi connectivity index (χ0v) is 31.9. The minimum absolute atomic E-state index is 0.0301. The van der Waals surface area contributed by atoms with E-state index in [1.165, 1.54) is 19.8 Å². The SMILES string of the molecule is CC(=O)OC(C1CC(C)C2C(O1)C(O)C1(C)C3CCC4C(C)(C)C(OC5CN(C(=O)c6ncc[nH]6)CCO5)CCC45CC35CCC21C)C(C)(C)O. The predicted octanol–water partition coefficient (Wildman–Crippen LogP) is 5.11. The van der Waals surface area contributed by atoms with Gasteiger partial charge in [-0.1, -0.05) is 34.6 Å². The number of nitrogens with one attached hydrogen (secondary N) is 1. The second-order valence-electron chi connectivity index (χ2n) is 19.4. The van der Waals surface area contributed by atoms with Gasteiger partial charge >= 0.3 is 5.97 Å². The van der Waals surface area contributed by atoms with E-state index in [2.05, 4.69) is 44.6 Å². The molecule has 1 aromatic rings. The van der Waals surface area contributed by atoms with Crippen LogP contribution in [0.3, 0.4) is 0 Å². The predicted molar refractivity (Wildman–Crippen MR) is 187 cm³/mol. The number of amides is 1. The zero-order valence-electron chi connectivity index (χ0n) is 31.9. The normalized spacial score (nSPS) is 47.6. The molecule has 51 heavy (non-hydrogen) atoms. The lowest BCUT2D eigenvalue weighted by Gasteiger charge is -2.64. The molecule has 2 saturated heterocycles. The van der Waals surface area contributed by atoms with Crippen LogP contribution in [0.25, 0.3) is 0 Å². The van der Waals surface area contributed by atoms with Gasteiger partial charge < -0.3 is 39.0 Å². The van der Waals surface area contributed by atoms with Gasteiger partial charge in [-0.2, -0.15) is 0 Å². The molecule has 11 heteroatoms. The van der Waals surface area contributed by atoms with Gasteiger partial charge in [-0.3, -0.25) is 9.59 Å². The Bertz CT molecular complexity index is 1530. The highest BCUT2D eigenvalue weighted by atomic mass is 16.7. The summed E-state index contributed by atoms with van der Waals surface area (Å²) in [5.74, 6) is 1.12. The van der Waals surface area contributed by atoms with Gasteiger partial charge in [0.05, 0.1) is 43.2 Å². The average molecular weight is 712 g/mol. The topological polar surface area (TPSA) is 143 Å². The van der Waals surface area contributed by atoms with E-state index in [0.29, 0.717) is 43.8 Å². The highest BCUT2D eigenvalue weighted by Crippen LogP contribution is 2.89. The number of ether oxygens (including phenoxy) is 4. The van der Waals surface area contributed by atoms with E-state index in [9.17, 15) is 19.8 Å². The van der Waals surface area contributed by atoms with Gasteiger partial charge in [0.2, 0.25) is 0 Å². The smallest absolute Gasteiger partial charge is 0.303 e. The van der Waals surface area contributed by atoms with Crippen LogP contribution in [0.5, 0.6) is 0 Å². The summed E-state index contributed by atoms with van der Waals surface area (Å²) in [4.78, 5) is 34.0. The number of hydrogen-bond donors (Lipinski definition) is 3. The Morgan fingerprint density at radius 1 is 1.10 bits per heavy atom. The fourth-order valence-electron chi connectivity index (χ4n) is 14.2. The van der Waals surface area contributed by atoms with Crippen LogP contribution in [-0.2, 0) is 23.7 Å². The number of carbonyl (C=O) groups excluding carboxylic acids is 2. The molecule has 14 unspecified atom stereocenters. The fourth-order valence-corrected chi connectivity index (χ4v) is 14.2. The number of aromatic amines is 1. The summed E-state index contributed by atoms with van der Waals surface area (Å²) < 4.78 is 25.5. The first-order chi connectivity index (χ1) is 23.9. The number of aliphatic hydroxyl groups excluding tert-OH is 1. The Kier molecular flexibility index (Phi) is 8.26. The molecule has 1 aromatic heterocycles. The summed E-state index contributed by atoms with van der Waals surface area (Å²) in [6.07, 6.45) is 8.94. The summed E-state index contributed by atoms with van der Waals surface area (Å²) in [6.45, 7) is 18.0. The molecular weight excluding hydrogens is 650 g/mol. The van der Waals surface area contributed by atoms with Gasteiger partial charge in [-0.25, -0.2) is 4.98 Å². The minimum Gasteiger partial charge on any atom is -0.457 e. The molecule has 2 aliphatic heterocycles. The fraction of sp³-hybridized carbons (Fsp3) is 0.875. The molecule has 0 bridgehead atoms. The van der Waals surface area contributed by atoms with Crippen LogP contribution in [0.15, 0.2) is 12.4 Å². The molecule has 8 rings (SSSR count). The maximum atomic E-state index is 13.0. The third-order valence-electron chi connectivity index (χ3n) is 16.4. The Balaban J connectivity index is 1.01. The molecule has 14 atom stereocenters. The van der Waals surface area contributed by atoms with Crippen molar-refractivity contribution in [1.82, 2.24) is 14.9 Å². The number of imidazole rings is 1. The molecule has 11 nitrogen and oxygen atoms in total. The van der Waals surface area contributed by atoms with Crippen LogP contribution in [0, 0.1) is 50.7 Å². The number of aromatic nitrogens is 2. The van der Waals surface area contributed by atoms with Crippen molar-refractivity contribution in [1.29, 1.82) is 0 Å². The van der Waals surface area contributed by atoms with Gasteiger partial charge in [0, 0.05) is 31.3 Å². The molecule has 284 valence electrons. The number of nitrogens with zero attached hydrogens (tertiary/aromatic N) is 2. The van der Waals surface area contributed by atoms with Crippen molar-refractivity contribution < 1.29 is 38.7 Å². The Hall–Kier alpha value is -2.05. The minimum atomic E-state index is -1.27. The standard InChI is InChI=1S/C40H61N3O8/c1-22-19-24(32(36(5,6)47)49-23(2)44)50-30-29(22)37(7)13-14-40-21-39(40)12-11-27(35(3,4)25(39)9-10-26(40)38(37,8)31(30)45)51-28-20-43(17-18-48-28)34(46)33-41-15-16-42-33/h15-16,22,24-32,45,47H,9-14,17-21H2,1-8H3,(H,41,42). The third kappa shape index (κ3) is 4.95. The van der Waals surface area contributed by atoms with Gasteiger partial charge in [-0.05, 0) is 111 Å². The van der Waals surface area contributed by atoms with E-state index >= 15 is 0 Å². The lowest BCUT2D eigenvalue weighted by molar-refractivity contribution is -0.245. The lowest BCUT2D eigenvalue weighted by Crippen LogP contribution is -2.60. The monoisotopic (exact) mass is 711 g/mol. The van der Waals surface area contributed by atoms with E-state index in [1.54, 1.807) is 31.1 Å². The number of rotatable bonds is 6. The molecule has 5 aliphatic carbocycles. The van der Waals surface area contributed by atoms with E-state index in [1.807, 2.05) is 0 Å². The molecule has 2 spiro atoms. The van der Waals surface area contributed by atoms with Crippen molar-refractivity contribution in [2.24, 2.45) is 50.7 Å². The maximum Gasteiger partial charge on any atom is 0.303 e. The Labute approximate surface area is 302 Å². The zero-order chi connectivity index (χ0) is 36.5. The summed E-state index contributed by atoms with van der Waals surface area (Å²) >= 11 is 0. The number of hydrogen-bond acceptors (Lipinski definition) is 9. The second-order valence-corrected chi connectivity index (χ2v) is 19.4.